The lowest BCUT2D eigenvalue weighted by Gasteiger charge is -2.15. The Kier molecular flexibility index (Phi) is 3.13. The summed E-state index contributed by atoms with van der Waals surface area (Å²) in [5.74, 6) is 0.514. The molecule has 5 heteroatoms. The standard InChI is InChI=1S/C10H8BrNOS2/c1-6-4-7(2-3-8(6)11)12-9(13)5-15-10(12)14/h2-4H,5H2,1H3. The number of anilines is 1. The molecule has 1 aliphatic rings. The number of hydrogen-bond acceptors (Lipinski definition) is 3. The molecule has 1 amide bonds. The summed E-state index contributed by atoms with van der Waals surface area (Å²) in [6.07, 6.45) is 0. The number of aryl methyl sites for hydroxylation is 1. The maximum Gasteiger partial charge on any atom is 0.243 e. The van der Waals surface area contributed by atoms with Crippen LogP contribution in [0.5, 0.6) is 0 Å². The first-order chi connectivity index (χ1) is 7.09. The zero-order valence-electron chi connectivity index (χ0n) is 7.99. The summed E-state index contributed by atoms with van der Waals surface area (Å²) in [6.45, 7) is 1.99. The summed E-state index contributed by atoms with van der Waals surface area (Å²) in [5.41, 5.74) is 1.95. The van der Waals surface area contributed by atoms with Gasteiger partial charge in [0, 0.05) is 4.47 Å². The Labute approximate surface area is 106 Å². The highest BCUT2D eigenvalue weighted by molar-refractivity contribution is 9.10. The van der Waals surface area contributed by atoms with E-state index in [9.17, 15) is 4.79 Å². The molecule has 0 spiro atoms. The number of carbonyl (C=O) groups is 1. The summed E-state index contributed by atoms with van der Waals surface area (Å²) >= 11 is 9.97. The zero-order chi connectivity index (χ0) is 11.0. The van der Waals surface area contributed by atoms with Crippen LogP contribution in [0.2, 0.25) is 0 Å². The molecule has 1 fully saturated rings. The van der Waals surface area contributed by atoms with E-state index in [1.54, 1.807) is 4.90 Å². The Morgan fingerprint density at radius 1 is 1.53 bits per heavy atom. The second-order valence-electron chi connectivity index (χ2n) is 3.22. The molecule has 1 aliphatic heterocycles. The highest BCUT2D eigenvalue weighted by Crippen LogP contribution is 2.29. The van der Waals surface area contributed by atoms with Crippen molar-refractivity contribution < 1.29 is 4.79 Å². The minimum atomic E-state index is 0.0618. The van der Waals surface area contributed by atoms with Crippen LogP contribution in [0.25, 0.3) is 0 Å². The number of thioether (sulfide) groups is 1. The van der Waals surface area contributed by atoms with Gasteiger partial charge in [0.1, 0.15) is 4.32 Å². The van der Waals surface area contributed by atoms with E-state index in [0.29, 0.717) is 10.1 Å². The van der Waals surface area contributed by atoms with E-state index in [1.165, 1.54) is 11.8 Å². The maximum atomic E-state index is 11.6. The van der Waals surface area contributed by atoms with E-state index in [4.69, 9.17) is 12.2 Å². The van der Waals surface area contributed by atoms with Crippen molar-refractivity contribution in [2.75, 3.05) is 10.7 Å². The lowest BCUT2D eigenvalue weighted by molar-refractivity contribution is -0.115. The molecule has 0 N–H and O–H groups in total. The first kappa shape index (κ1) is 11.1. The van der Waals surface area contributed by atoms with Gasteiger partial charge >= 0.3 is 0 Å². The van der Waals surface area contributed by atoms with Crippen molar-refractivity contribution in [1.29, 1.82) is 0 Å². The van der Waals surface area contributed by atoms with Crippen molar-refractivity contribution >= 4 is 55.8 Å². The number of amides is 1. The van der Waals surface area contributed by atoms with Gasteiger partial charge in [-0.25, -0.2) is 0 Å². The maximum absolute atomic E-state index is 11.6. The largest absolute Gasteiger partial charge is 0.273 e. The zero-order valence-corrected chi connectivity index (χ0v) is 11.2. The number of nitrogens with zero attached hydrogens (tertiary/aromatic N) is 1. The Morgan fingerprint density at radius 3 is 2.80 bits per heavy atom. The van der Waals surface area contributed by atoms with Crippen LogP contribution in [0.15, 0.2) is 22.7 Å². The Morgan fingerprint density at radius 2 is 2.27 bits per heavy atom. The van der Waals surface area contributed by atoms with Crippen LogP contribution < -0.4 is 4.90 Å². The Balaban J connectivity index is 2.41. The molecule has 1 aromatic carbocycles. The van der Waals surface area contributed by atoms with E-state index in [0.717, 1.165) is 15.7 Å². The molecule has 78 valence electrons. The predicted molar refractivity (Wildman–Crippen MR) is 71.4 cm³/mol. The van der Waals surface area contributed by atoms with Gasteiger partial charge in [0.15, 0.2) is 0 Å². The van der Waals surface area contributed by atoms with Crippen molar-refractivity contribution in [3.63, 3.8) is 0 Å². The van der Waals surface area contributed by atoms with E-state index in [1.807, 2.05) is 25.1 Å². The lowest BCUT2D eigenvalue weighted by atomic mass is 10.2. The molecule has 0 saturated carbocycles. The second kappa shape index (κ2) is 4.23. The topological polar surface area (TPSA) is 20.3 Å². The molecule has 15 heavy (non-hydrogen) atoms. The molecule has 1 heterocycles. The van der Waals surface area contributed by atoms with E-state index in [-0.39, 0.29) is 5.91 Å². The predicted octanol–water partition coefficient (Wildman–Crippen LogP) is 3.12. The number of halogens is 1. The fraction of sp³-hybridized carbons (Fsp3) is 0.200. The molecule has 2 nitrogen and oxygen atoms in total. The SMILES string of the molecule is Cc1cc(N2C(=O)CSC2=S)ccc1Br. The molecule has 1 saturated heterocycles. The average molecular weight is 302 g/mol. The first-order valence-electron chi connectivity index (χ1n) is 4.35. The molecule has 0 unspecified atom stereocenters. The number of thiocarbonyl (C=S) groups is 1. The van der Waals surface area contributed by atoms with Gasteiger partial charge in [-0.1, -0.05) is 39.9 Å². The van der Waals surface area contributed by atoms with E-state index in [2.05, 4.69) is 15.9 Å². The molecule has 1 aromatic rings. The molecule has 0 aromatic heterocycles. The van der Waals surface area contributed by atoms with E-state index < -0.39 is 0 Å². The summed E-state index contributed by atoms with van der Waals surface area (Å²) in [7, 11) is 0. The second-order valence-corrected chi connectivity index (χ2v) is 5.68. The van der Waals surface area contributed by atoms with Gasteiger partial charge in [0.2, 0.25) is 5.91 Å². The van der Waals surface area contributed by atoms with Crippen LogP contribution in [0.3, 0.4) is 0 Å². The fourth-order valence-electron chi connectivity index (χ4n) is 1.37. The number of benzene rings is 1. The van der Waals surface area contributed by atoms with E-state index >= 15 is 0 Å². The van der Waals surface area contributed by atoms with Gasteiger partial charge in [0.25, 0.3) is 0 Å². The summed E-state index contributed by atoms with van der Waals surface area (Å²) in [5, 5.41) is 0. The molecular weight excluding hydrogens is 294 g/mol. The molecular formula is C10H8BrNOS2. The van der Waals surface area contributed by atoms with Gasteiger partial charge < -0.3 is 0 Å². The number of rotatable bonds is 1. The highest BCUT2D eigenvalue weighted by atomic mass is 79.9. The smallest absolute Gasteiger partial charge is 0.243 e. The summed E-state index contributed by atoms with van der Waals surface area (Å²) in [4.78, 5) is 13.2. The summed E-state index contributed by atoms with van der Waals surface area (Å²) < 4.78 is 1.68. The van der Waals surface area contributed by atoms with Crippen molar-refractivity contribution in [1.82, 2.24) is 0 Å². The van der Waals surface area contributed by atoms with Crippen molar-refractivity contribution in [3.8, 4) is 0 Å². The number of carbonyl (C=O) groups excluding carboxylic acids is 1. The highest BCUT2D eigenvalue weighted by Gasteiger charge is 2.28. The van der Waals surface area contributed by atoms with Crippen molar-refractivity contribution in [2.45, 2.75) is 6.92 Å². The minimum Gasteiger partial charge on any atom is -0.273 e. The van der Waals surface area contributed by atoms with Gasteiger partial charge in [0.05, 0.1) is 11.4 Å². The Hall–Kier alpha value is -0.390. The quantitative estimate of drug-likeness (QED) is 0.743. The fourth-order valence-corrected chi connectivity index (χ4v) is 2.71. The van der Waals surface area contributed by atoms with Gasteiger partial charge in [-0.2, -0.15) is 0 Å². The molecule has 0 atom stereocenters. The van der Waals surface area contributed by atoms with Crippen LogP contribution in [0.1, 0.15) is 5.56 Å². The third-order valence-electron chi connectivity index (χ3n) is 2.15. The monoisotopic (exact) mass is 301 g/mol. The third-order valence-corrected chi connectivity index (χ3v) is 4.40. The molecule has 0 bridgehead atoms. The molecule has 2 rings (SSSR count). The summed E-state index contributed by atoms with van der Waals surface area (Å²) in [6, 6.07) is 5.79. The van der Waals surface area contributed by atoms with Crippen LogP contribution >= 0.6 is 39.9 Å². The normalized spacial score (nSPS) is 16.3. The van der Waals surface area contributed by atoms with Crippen molar-refractivity contribution in [2.24, 2.45) is 0 Å². The van der Waals surface area contributed by atoms with Crippen LogP contribution in [-0.4, -0.2) is 16.0 Å². The van der Waals surface area contributed by atoms with Crippen molar-refractivity contribution in [3.05, 3.63) is 28.2 Å². The van der Waals surface area contributed by atoms with Crippen LogP contribution in [0.4, 0.5) is 5.69 Å². The lowest BCUT2D eigenvalue weighted by Crippen LogP contribution is -2.27. The Bertz CT molecular complexity index is 431. The molecule has 0 aliphatic carbocycles. The van der Waals surface area contributed by atoms with Gasteiger partial charge in [-0.15, -0.1) is 0 Å². The molecule has 0 radical (unpaired) electrons. The third kappa shape index (κ3) is 2.09. The first-order valence-corrected chi connectivity index (χ1v) is 6.54. The number of hydrogen-bond donors (Lipinski definition) is 0. The average Bonchev–Trinajstić information content (AvgIpc) is 2.52. The minimum absolute atomic E-state index is 0.0618. The van der Waals surface area contributed by atoms with Crippen LogP contribution in [0, 0.1) is 6.92 Å². The van der Waals surface area contributed by atoms with Gasteiger partial charge in [-0.3, -0.25) is 9.69 Å². The van der Waals surface area contributed by atoms with Crippen LogP contribution in [-0.2, 0) is 4.79 Å². The van der Waals surface area contributed by atoms with Gasteiger partial charge in [-0.05, 0) is 30.7 Å².